The molecule has 100 valence electrons. The summed E-state index contributed by atoms with van der Waals surface area (Å²) in [6.07, 6.45) is 10.0. The Hall–Kier alpha value is -0.190. The summed E-state index contributed by atoms with van der Waals surface area (Å²) < 4.78 is 0.561. The van der Waals surface area contributed by atoms with Crippen LogP contribution in [0.1, 0.15) is 50.0 Å². The number of aromatic nitrogens is 2. The quantitative estimate of drug-likeness (QED) is 0.829. The van der Waals surface area contributed by atoms with Gasteiger partial charge in [0.05, 0.1) is 6.54 Å². The van der Waals surface area contributed by atoms with Crippen molar-refractivity contribution < 1.29 is 0 Å². The minimum Gasteiger partial charge on any atom is -0.297 e. The Balaban J connectivity index is 1.53. The standard InChI is InChI=1S/C13H20ClN3S/c14-12-16-15-11(18-12)10-17-8-6-13(7-9-17)4-2-1-3-5-13/h1-10H2. The van der Waals surface area contributed by atoms with E-state index >= 15 is 0 Å². The lowest BCUT2D eigenvalue weighted by Gasteiger charge is -2.44. The highest BCUT2D eigenvalue weighted by Crippen LogP contribution is 2.44. The van der Waals surface area contributed by atoms with E-state index in [1.54, 1.807) is 0 Å². The maximum atomic E-state index is 5.82. The molecule has 2 aliphatic rings. The van der Waals surface area contributed by atoms with Gasteiger partial charge in [-0.2, -0.15) is 0 Å². The second-order valence-corrected chi connectivity index (χ2v) is 7.43. The second kappa shape index (κ2) is 5.43. The second-order valence-electron chi connectivity index (χ2n) is 5.79. The molecule has 1 aliphatic carbocycles. The molecule has 18 heavy (non-hydrogen) atoms. The summed E-state index contributed by atoms with van der Waals surface area (Å²) in [6.45, 7) is 3.37. The number of nitrogens with zero attached hydrogens (tertiary/aromatic N) is 3. The molecule has 0 amide bonds. The first-order valence-electron chi connectivity index (χ1n) is 6.96. The minimum absolute atomic E-state index is 0.561. The predicted octanol–water partition coefficient (Wildman–Crippen LogP) is 3.74. The number of piperidine rings is 1. The molecular formula is C13H20ClN3S. The van der Waals surface area contributed by atoms with Crippen LogP contribution < -0.4 is 0 Å². The molecule has 2 fully saturated rings. The average Bonchev–Trinajstić information content (AvgIpc) is 2.79. The molecule has 1 spiro atoms. The Labute approximate surface area is 118 Å². The van der Waals surface area contributed by atoms with Crippen LogP contribution in [0.3, 0.4) is 0 Å². The maximum Gasteiger partial charge on any atom is 0.207 e. The Kier molecular flexibility index (Phi) is 3.87. The Bertz CT molecular complexity index is 391. The molecule has 2 heterocycles. The van der Waals surface area contributed by atoms with Crippen LogP contribution >= 0.6 is 22.9 Å². The zero-order valence-electron chi connectivity index (χ0n) is 10.7. The monoisotopic (exact) mass is 285 g/mol. The van der Waals surface area contributed by atoms with Crippen LogP contribution in [-0.2, 0) is 6.54 Å². The highest BCUT2D eigenvalue weighted by molar-refractivity contribution is 7.15. The van der Waals surface area contributed by atoms with Gasteiger partial charge in [0.25, 0.3) is 0 Å². The van der Waals surface area contributed by atoms with Crippen LogP contribution in [0.5, 0.6) is 0 Å². The summed E-state index contributed by atoms with van der Waals surface area (Å²) in [6, 6.07) is 0. The third-order valence-corrected chi connectivity index (χ3v) is 5.64. The van der Waals surface area contributed by atoms with E-state index in [4.69, 9.17) is 11.6 Å². The Morgan fingerprint density at radius 1 is 1.06 bits per heavy atom. The summed E-state index contributed by atoms with van der Waals surface area (Å²) in [5.41, 5.74) is 0.688. The van der Waals surface area contributed by atoms with Crippen LogP contribution in [0.2, 0.25) is 4.47 Å². The van der Waals surface area contributed by atoms with E-state index in [2.05, 4.69) is 15.1 Å². The van der Waals surface area contributed by atoms with Crippen molar-refractivity contribution in [2.45, 2.75) is 51.5 Å². The van der Waals surface area contributed by atoms with Crippen LogP contribution in [0.15, 0.2) is 0 Å². The first-order valence-corrected chi connectivity index (χ1v) is 8.16. The molecule has 3 nitrogen and oxygen atoms in total. The van der Waals surface area contributed by atoms with Crippen LogP contribution in [-0.4, -0.2) is 28.2 Å². The van der Waals surface area contributed by atoms with Crippen molar-refractivity contribution >= 4 is 22.9 Å². The van der Waals surface area contributed by atoms with Crippen molar-refractivity contribution in [1.82, 2.24) is 15.1 Å². The van der Waals surface area contributed by atoms with Crippen LogP contribution in [0.4, 0.5) is 0 Å². The van der Waals surface area contributed by atoms with Gasteiger partial charge in [0.1, 0.15) is 5.01 Å². The van der Waals surface area contributed by atoms with E-state index in [0.717, 1.165) is 11.6 Å². The smallest absolute Gasteiger partial charge is 0.207 e. The first-order chi connectivity index (χ1) is 8.76. The van der Waals surface area contributed by atoms with Crippen molar-refractivity contribution in [2.24, 2.45) is 5.41 Å². The average molecular weight is 286 g/mol. The van der Waals surface area contributed by atoms with Gasteiger partial charge in [-0.15, -0.1) is 10.2 Å². The van der Waals surface area contributed by atoms with Gasteiger partial charge in [-0.3, -0.25) is 4.90 Å². The Morgan fingerprint density at radius 2 is 1.78 bits per heavy atom. The largest absolute Gasteiger partial charge is 0.297 e. The van der Waals surface area contributed by atoms with E-state index in [-0.39, 0.29) is 0 Å². The first kappa shape index (κ1) is 12.8. The fourth-order valence-corrected chi connectivity index (χ4v) is 4.39. The molecule has 1 aromatic rings. The molecule has 0 bridgehead atoms. The van der Waals surface area contributed by atoms with Crippen LogP contribution in [0.25, 0.3) is 0 Å². The topological polar surface area (TPSA) is 29.0 Å². The molecule has 0 atom stereocenters. The van der Waals surface area contributed by atoms with E-state index in [0.29, 0.717) is 9.88 Å². The molecule has 0 N–H and O–H groups in total. The minimum atomic E-state index is 0.561. The van der Waals surface area contributed by atoms with E-state index in [1.807, 2.05) is 0 Å². The van der Waals surface area contributed by atoms with Crippen molar-refractivity contribution in [3.05, 3.63) is 9.47 Å². The zero-order valence-corrected chi connectivity index (χ0v) is 12.3. The summed E-state index contributed by atoms with van der Waals surface area (Å²) in [7, 11) is 0. The van der Waals surface area contributed by atoms with E-state index < -0.39 is 0 Å². The van der Waals surface area contributed by atoms with Gasteiger partial charge in [0.2, 0.25) is 4.47 Å². The number of rotatable bonds is 2. The molecule has 1 saturated carbocycles. The molecule has 0 unspecified atom stereocenters. The maximum absolute atomic E-state index is 5.82. The lowest BCUT2D eigenvalue weighted by atomic mass is 9.68. The van der Waals surface area contributed by atoms with Gasteiger partial charge >= 0.3 is 0 Å². The van der Waals surface area contributed by atoms with Gasteiger partial charge in [-0.25, -0.2) is 0 Å². The third kappa shape index (κ3) is 2.86. The number of hydrogen-bond donors (Lipinski definition) is 0. The summed E-state index contributed by atoms with van der Waals surface area (Å²) in [5.74, 6) is 0. The van der Waals surface area contributed by atoms with Gasteiger partial charge in [0.15, 0.2) is 0 Å². The highest BCUT2D eigenvalue weighted by Gasteiger charge is 2.35. The highest BCUT2D eigenvalue weighted by atomic mass is 35.5. The van der Waals surface area contributed by atoms with E-state index in [1.165, 1.54) is 69.4 Å². The predicted molar refractivity (Wildman–Crippen MR) is 74.9 cm³/mol. The Morgan fingerprint density at radius 3 is 2.39 bits per heavy atom. The van der Waals surface area contributed by atoms with E-state index in [9.17, 15) is 0 Å². The molecule has 1 aliphatic heterocycles. The molecule has 3 rings (SSSR count). The molecule has 0 radical (unpaired) electrons. The number of halogens is 1. The lowest BCUT2D eigenvalue weighted by Crippen LogP contribution is -2.40. The fourth-order valence-electron chi connectivity index (χ4n) is 3.48. The molecule has 0 aromatic carbocycles. The van der Waals surface area contributed by atoms with Crippen molar-refractivity contribution in [1.29, 1.82) is 0 Å². The fraction of sp³-hybridized carbons (Fsp3) is 0.846. The van der Waals surface area contributed by atoms with Crippen LogP contribution in [0, 0.1) is 5.41 Å². The van der Waals surface area contributed by atoms with Gasteiger partial charge < -0.3 is 0 Å². The molecule has 5 heteroatoms. The summed E-state index contributed by atoms with van der Waals surface area (Å²) in [5, 5.41) is 9.04. The lowest BCUT2D eigenvalue weighted by molar-refractivity contribution is 0.0640. The van der Waals surface area contributed by atoms with Crippen molar-refractivity contribution in [3.63, 3.8) is 0 Å². The number of likely N-dealkylation sites (tertiary alicyclic amines) is 1. The third-order valence-electron chi connectivity index (χ3n) is 4.63. The summed E-state index contributed by atoms with van der Waals surface area (Å²) in [4.78, 5) is 2.51. The SMILES string of the molecule is Clc1nnc(CN2CCC3(CCCCC3)CC2)s1. The molecule has 1 saturated heterocycles. The summed E-state index contributed by atoms with van der Waals surface area (Å²) >= 11 is 7.33. The number of hydrogen-bond acceptors (Lipinski definition) is 4. The van der Waals surface area contributed by atoms with Crippen molar-refractivity contribution in [2.75, 3.05) is 13.1 Å². The van der Waals surface area contributed by atoms with Crippen molar-refractivity contribution in [3.8, 4) is 0 Å². The normalized spacial score (nSPS) is 24.5. The van der Waals surface area contributed by atoms with Gasteiger partial charge in [0, 0.05) is 0 Å². The zero-order chi connectivity index (χ0) is 12.4. The van der Waals surface area contributed by atoms with Gasteiger partial charge in [-0.05, 0) is 55.8 Å². The molecule has 1 aromatic heterocycles. The molecular weight excluding hydrogens is 266 g/mol. The van der Waals surface area contributed by atoms with Gasteiger partial charge in [-0.1, -0.05) is 30.6 Å².